The smallest absolute Gasteiger partial charge is 0.289 e. The third-order valence-electron chi connectivity index (χ3n) is 3.39. The van der Waals surface area contributed by atoms with Gasteiger partial charge in [0.05, 0.1) is 0 Å². The van der Waals surface area contributed by atoms with E-state index >= 15 is 0 Å². The van der Waals surface area contributed by atoms with Gasteiger partial charge in [-0.05, 0) is 24.4 Å². The van der Waals surface area contributed by atoms with Gasteiger partial charge in [-0.2, -0.15) is 10.1 Å². The molecule has 0 spiro atoms. The molecule has 22 heavy (non-hydrogen) atoms. The Bertz CT molecular complexity index is 957. The van der Waals surface area contributed by atoms with Crippen LogP contribution in [0.2, 0.25) is 0 Å². The molecular formula is C15H12N6S. The third kappa shape index (κ3) is 2.25. The fraction of sp³-hybridized carbons (Fsp3) is 0.133. The van der Waals surface area contributed by atoms with Crippen molar-refractivity contribution < 1.29 is 0 Å². The number of thiophene rings is 1. The third-order valence-corrected chi connectivity index (χ3v) is 4.43. The van der Waals surface area contributed by atoms with Crippen LogP contribution in [-0.2, 0) is 0 Å². The summed E-state index contributed by atoms with van der Waals surface area (Å²) < 4.78 is 0. The minimum Gasteiger partial charge on any atom is -0.338 e. The van der Waals surface area contributed by atoms with E-state index < -0.39 is 0 Å². The van der Waals surface area contributed by atoms with Crippen LogP contribution in [0.15, 0.2) is 52.0 Å². The summed E-state index contributed by atoms with van der Waals surface area (Å²) in [4.78, 5) is 8.76. The Labute approximate surface area is 130 Å². The number of rotatable bonds is 3. The lowest BCUT2D eigenvalue weighted by molar-refractivity contribution is 0.766. The molecule has 4 aromatic rings. The van der Waals surface area contributed by atoms with Crippen molar-refractivity contribution in [2.75, 3.05) is 0 Å². The number of aromatic nitrogens is 4. The molecule has 0 bridgehead atoms. The molecule has 0 amide bonds. The van der Waals surface area contributed by atoms with Crippen molar-refractivity contribution in [3.05, 3.63) is 46.7 Å². The lowest BCUT2D eigenvalue weighted by atomic mass is 10.2. The van der Waals surface area contributed by atoms with Gasteiger partial charge in [0.25, 0.3) is 5.95 Å². The summed E-state index contributed by atoms with van der Waals surface area (Å²) in [5, 5.41) is 19.7. The number of benzene rings is 1. The van der Waals surface area contributed by atoms with Crippen molar-refractivity contribution in [3.8, 4) is 0 Å². The second-order valence-corrected chi connectivity index (χ2v) is 5.87. The van der Waals surface area contributed by atoms with Crippen LogP contribution in [0.5, 0.6) is 0 Å². The summed E-state index contributed by atoms with van der Waals surface area (Å²) in [6, 6.07) is 11.9. The number of hydrogen-bond donors (Lipinski definition) is 1. The van der Waals surface area contributed by atoms with Gasteiger partial charge in [-0.1, -0.05) is 24.3 Å². The Hall–Kier alpha value is -2.67. The zero-order chi connectivity index (χ0) is 14.9. The molecule has 108 valence electrons. The fourth-order valence-corrected chi connectivity index (χ4v) is 2.99. The van der Waals surface area contributed by atoms with Gasteiger partial charge < -0.3 is 4.98 Å². The minimum atomic E-state index is -0.0120. The molecule has 6 nitrogen and oxygen atoms in total. The lowest BCUT2D eigenvalue weighted by Crippen LogP contribution is -1.88. The number of fused-ring (bicyclic) bond motifs is 3. The highest BCUT2D eigenvalue weighted by Crippen LogP contribution is 2.25. The van der Waals surface area contributed by atoms with Crippen LogP contribution in [0.4, 0.5) is 5.95 Å². The summed E-state index contributed by atoms with van der Waals surface area (Å²) in [6.07, 6.45) is 0. The van der Waals surface area contributed by atoms with E-state index in [9.17, 15) is 0 Å². The van der Waals surface area contributed by atoms with Crippen LogP contribution in [0.1, 0.15) is 17.8 Å². The Morgan fingerprint density at radius 1 is 1.14 bits per heavy atom. The molecular weight excluding hydrogens is 296 g/mol. The van der Waals surface area contributed by atoms with Gasteiger partial charge in [-0.25, -0.2) is 0 Å². The fourth-order valence-electron chi connectivity index (χ4n) is 2.28. The summed E-state index contributed by atoms with van der Waals surface area (Å²) in [7, 11) is 0. The van der Waals surface area contributed by atoms with E-state index in [0.29, 0.717) is 5.65 Å². The Morgan fingerprint density at radius 2 is 2.05 bits per heavy atom. The quantitative estimate of drug-likeness (QED) is 0.569. The average Bonchev–Trinajstić information content (AvgIpc) is 3.19. The maximum absolute atomic E-state index is 4.38. The molecule has 0 saturated heterocycles. The van der Waals surface area contributed by atoms with E-state index in [1.807, 2.05) is 48.7 Å². The van der Waals surface area contributed by atoms with Crippen molar-refractivity contribution in [2.45, 2.75) is 13.0 Å². The Kier molecular flexibility index (Phi) is 3.12. The largest absolute Gasteiger partial charge is 0.338 e. The first-order valence-corrected chi connectivity index (χ1v) is 7.74. The molecule has 0 aliphatic carbocycles. The first kappa shape index (κ1) is 13.0. The van der Waals surface area contributed by atoms with E-state index in [-0.39, 0.29) is 12.0 Å². The van der Waals surface area contributed by atoms with Crippen LogP contribution in [-0.4, -0.2) is 20.2 Å². The summed E-state index contributed by atoms with van der Waals surface area (Å²) in [5.41, 5.74) is 2.41. The van der Waals surface area contributed by atoms with E-state index in [0.717, 1.165) is 21.3 Å². The van der Waals surface area contributed by atoms with Crippen LogP contribution in [0.25, 0.3) is 22.1 Å². The minimum absolute atomic E-state index is 0.0120. The highest BCUT2D eigenvalue weighted by molar-refractivity contribution is 7.10. The number of nitrogens with one attached hydrogen (secondary N) is 1. The van der Waals surface area contributed by atoms with Crippen LogP contribution >= 0.6 is 11.3 Å². The van der Waals surface area contributed by atoms with Gasteiger partial charge in [0, 0.05) is 15.8 Å². The predicted molar refractivity (Wildman–Crippen MR) is 86.4 cm³/mol. The molecule has 1 atom stereocenters. The van der Waals surface area contributed by atoms with Crippen LogP contribution in [0.3, 0.4) is 0 Å². The number of azo groups is 1. The van der Waals surface area contributed by atoms with Gasteiger partial charge in [-0.3, -0.25) is 0 Å². The molecule has 0 fully saturated rings. The SMILES string of the molecule is CC(N=Nc1nnc2c(n1)[nH]c1ccccc12)c1cccs1. The number of nitrogens with zero attached hydrogens (tertiary/aromatic N) is 5. The van der Waals surface area contributed by atoms with E-state index in [2.05, 4.69) is 30.4 Å². The summed E-state index contributed by atoms with van der Waals surface area (Å²) >= 11 is 1.66. The number of aromatic amines is 1. The monoisotopic (exact) mass is 308 g/mol. The molecule has 3 heterocycles. The standard InChI is InChI=1S/C15H12N6S/c1-9(12-7-4-8-22-12)18-20-15-17-14-13(19-21-15)10-5-2-3-6-11(10)16-14/h2-9H,1H3,(H,16,17,21). The van der Waals surface area contributed by atoms with Gasteiger partial charge in [0.1, 0.15) is 11.6 Å². The van der Waals surface area contributed by atoms with Crippen LogP contribution in [0, 0.1) is 0 Å². The molecule has 7 heteroatoms. The maximum Gasteiger partial charge on any atom is 0.289 e. The highest BCUT2D eigenvalue weighted by Gasteiger charge is 2.09. The van der Waals surface area contributed by atoms with Crippen molar-refractivity contribution in [3.63, 3.8) is 0 Å². The zero-order valence-corrected chi connectivity index (χ0v) is 12.6. The Balaban J connectivity index is 1.69. The average molecular weight is 308 g/mol. The summed E-state index contributed by atoms with van der Waals surface area (Å²) in [6.45, 7) is 1.99. The molecule has 4 rings (SSSR count). The predicted octanol–water partition coefficient (Wildman–Crippen LogP) is 4.41. The highest BCUT2D eigenvalue weighted by atomic mass is 32.1. The maximum atomic E-state index is 4.38. The van der Waals surface area contributed by atoms with Gasteiger partial charge >= 0.3 is 0 Å². The number of para-hydroxylation sites is 1. The Morgan fingerprint density at radius 3 is 2.91 bits per heavy atom. The molecule has 0 aliphatic rings. The van der Waals surface area contributed by atoms with E-state index in [4.69, 9.17) is 0 Å². The normalized spacial score (nSPS) is 13.3. The number of hydrogen-bond acceptors (Lipinski definition) is 6. The molecule has 0 saturated carbocycles. The molecule has 3 aromatic heterocycles. The van der Waals surface area contributed by atoms with Gasteiger partial charge in [0.15, 0.2) is 5.65 Å². The molecule has 1 aromatic carbocycles. The van der Waals surface area contributed by atoms with Gasteiger partial charge in [0.2, 0.25) is 0 Å². The summed E-state index contributed by atoms with van der Waals surface area (Å²) in [5.74, 6) is 0.266. The number of H-pyrrole nitrogens is 1. The molecule has 1 unspecified atom stereocenters. The zero-order valence-electron chi connectivity index (χ0n) is 11.8. The van der Waals surface area contributed by atoms with Crippen LogP contribution < -0.4 is 0 Å². The van der Waals surface area contributed by atoms with Gasteiger partial charge in [-0.15, -0.1) is 26.6 Å². The lowest BCUT2D eigenvalue weighted by Gasteiger charge is -1.99. The van der Waals surface area contributed by atoms with Crippen molar-refractivity contribution in [1.82, 2.24) is 20.2 Å². The van der Waals surface area contributed by atoms with Crippen molar-refractivity contribution >= 4 is 39.4 Å². The van der Waals surface area contributed by atoms with Crippen molar-refractivity contribution in [1.29, 1.82) is 0 Å². The molecule has 0 aliphatic heterocycles. The van der Waals surface area contributed by atoms with Crippen molar-refractivity contribution in [2.24, 2.45) is 10.2 Å². The second kappa shape index (κ2) is 5.27. The first-order chi connectivity index (χ1) is 10.8. The first-order valence-electron chi connectivity index (χ1n) is 6.86. The topological polar surface area (TPSA) is 79.2 Å². The second-order valence-electron chi connectivity index (χ2n) is 4.89. The molecule has 1 N–H and O–H groups in total. The van der Waals surface area contributed by atoms with E-state index in [1.54, 1.807) is 11.3 Å². The van der Waals surface area contributed by atoms with E-state index in [1.165, 1.54) is 0 Å². The molecule has 0 radical (unpaired) electrons.